The quantitative estimate of drug-likeness (QED) is 0.915. The van der Waals surface area contributed by atoms with Crippen molar-refractivity contribution in [2.75, 3.05) is 24.5 Å². The van der Waals surface area contributed by atoms with E-state index in [4.69, 9.17) is 0 Å². The van der Waals surface area contributed by atoms with Crippen molar-refractivity contribution in [2.24, 2.45) is 5.41 Å². The van der Waals surface area contributed by atoms with Crippen LogP contribution in [0.2, 0.25) is 0 Å². The number of nitrogens with zero attached hydrogens (tertiary/aromatic N) is 1. The molecule has 1 aromatic carbocycles. The summed E-state index contributed by atoms with van der Waals surface area (Å²) in [5.41, 5.74) is 1.99. The average Bonchev–Trinajstić information content (AvgIpc) is 2.50. The van der Waals surface area contributed by atoms with Gasteiger partial charge < -0.3 is 10.2 Å². The van der Waals surface area contributed by atoms with Crippen LogP contribution in [0, 0.1) is 12.3 Å². The van der Waals surface area contributed by atoms with Gasteiger partial charge in [0.25, 0.3) is 0 Å². The van der Waals surface area contributed by atoms with Gasteiger partial charge in [0.2, 0.25) is 5.91 Å². The summed E-state index contributed by atoms with van der Waals surface area (Å²) in [6.07, 6.45) is 2.99. The maximum atomic E-state index is 13.1. The summed E-state index contributed by atoms with van der Waals surface area (Å²) in [7, 11) is 0. The van der Waals surface area contributed by atoms with Gasteiger partial charge in [-0.15, -0.1) is 0 Å². The molecule has 0 saturated carbocycles. The molecule has 3 nitrogen and oxygen atoms in total. The minimum absolute atomic E-state index is 0.226. The van der Waals surface area contributed by atoms with Gasteiger partial charge >= 0.3 is 0 Å². The predicted molar refractivity (Wildman–Crippen MR) is 84.0 cm³/mol. The van der Waals surface area contributed by atoms with Crippen molar-refractivity contribution in [3.63, 3.8) is 0 Å². The van der Waals surface area contributed by atoms with Crippen LogP contribution < -0.4 is 10.2 Å². The largest absolute Gasteiger partial charge is 0.316 e. The number of para-hydroxylation sites is 1. The van der Waals surface area contributed by atoms with Gasteiger partial charge in [-0.05, 0) is 51.3 Å². The highest BCUT2D eigenvalue weighted by atomic mass is 16.2. The van der Waals surface area contributed by atoms with Gasteiger partial charge in [-0.1, -0.05) is 25.1 Å². The number of piperidine rings is 1. The predicted octanol–water partition coefficient (Wildman–Crippen LogP) is 3.13. The van der Waals surface area contributed by atoms with E-state index in [0.29, 0.717) is 0 Å². The summed E-state index contributed by atoms with van der Waals surface area (Å²) < 4.78 is 0. The number of rotatable bonds is 4. The molecule has 1 aliphatic heterocycles. The SMILES string of the molecule is CCN(C(=O)C1(CC)CCCNC1)c1ccccc1C. The fourth-order valence-corrected chi connectivity index (χ4v) is 3.18. The number of anilines is 1. The molecule has 1 amide bonds. The average molecular weight is 274 g/mol. The second kappa shape index (κ2) is 6.40. The molecular formula is C17H26N2O. The molecule has 1 N–H and O–H groups in total. The van der Waals surface area contributed by atoms with Crippen LogP contribution in [-0.4, -0.2) is 25.5 Å². The van der Waals surface area contributed by atoms with Gasteiger partial charge in [-0.2, -0.15) is 0 Å². The van der Waals surface area contributed by atoms with E-state index in [0.717, 1.165) is 50.1 Å². The first-order valence-corrected chi connectivity index (χ1v) is 7.73. The fourth-order valence-electron chi connectivity index (χ4n) is 3.18. The molecular weight excluding hydrogens is 248 g/mol. The number of carbonyl (C=O) groups is 1. The third kappa shape index (κ3) is 2.73. The van der Waals surface area contributed by atoms with Crippen LogP contribution >= 0.6 is 0 Å². The first kappa shape index (κ1) is 15.0. The normalized spacial score (nSPS) is 22.6. The summed E-state index contributed by atoms with van der Waals surface area (Å²) in [6.45, 7) is 8.84. The van der Waals surface area contributed by atoms with Crippen molar-refractivity contribution >= 4 is 11.6 Å². The molecule has 20 heavy (non-hydrogen) atoms. The molecule has 1 aliphatic rings. The molecule has 1 unspecified atom stereocenters. The van der Waals surface area contributed by atoms with Crippen LogP contribution in [0.25, 0.3) is 0 Å². The first-order chi connectivity index (χ1) is 9.64. The van der Waals surface area contributed by atoms with Gasteiger partial charge in [-0.3, -0.25) is 4.79 Å². The Morgan fingerprint density at radius 1 is 1.35 bits per heavy atom. The van der Waals surface area contributed by atoms with Crippen LogP contribution in [0.1, 0.15) is 38.7 Å². The Morgan fingerprint density at radius 3 is 2.65 bits per heavy atom. The lowest BCUT2D eigenvalue weighted by atomic mass is 9.77. The zero-order valence-electron chi connectivity index (χ0n) is 12.9. The molecule has 110 valence electrons. The van der Waals surface area contributed by atoms with Crippen LogP contribution in [-0.2, 0) is 4.79 Å². The van der Waals surface area contributed by atoms with Crippen LogP contribution in [0.4, 0.5) is 5.69 Å². The third-order valence-corrected chi connectivity index (χ3v) is 4.57. The summed E-state index contributed by atoms with van der Waals surface area (Å²) in [5.74, 6) is 0.281. The van der Waals surface area contributed by atoms with Gasteiger partial charge in [0.15, 0.2) is 0 Å². The molecule has 0 radical (unpaired) electrons. The second-order valence-electron chi connectivity index (χ2n) is 5.75. The standard InChI is InChI=1S/C17H26N2O/c1-4-17(11-8-12-18-13-17)16(20)19(5-2)15-10-7-6-9-14(15)3/h6-7,9-10,18H,4-5,8,11-13H2,1-3H3. The van der Waals surface area contributed by atoms with Crippen molar-refractivity contribution in [1.29, 1.82) is 0 Å². The minimum atomic E-state index is -0.226. The van der Waals surface area contributed by atoms with Gasteiger partial charge in [0, 0.05) is 18.8 Å². The van der Waals surface area contributed by atoms with Crippen molar-refractivity contribution < 1.29 is 4.79 Å². The third-order valence-electron chi connectivity index (χ3n) is 4.57. The zero-order valence-corrected chi connectivity index (χ0v) is 12.9. The molecule has 0 aliphatic carbocycles. The monoisotopic (exact) mass is 274 g/mol. The van der Waals surface area contributed by atoms with E-state index in [1.54, 1.807) is 0 Å². The zero-order chi connectivity index (χ0) is 14.6. The fraction of sp³-hybridized carbons (Fsp3) is 0.588. The Hall–Kier alpha value is -1.35. The van der Waals surface area contributed by atoms with Gasteiger partial charge in [0.05, 0.1) is 5.41 Å². The van der Waals surface area contributed by atoms with E-state index < -0.39 is 0 Å². The first-order valence-electron chi connectivity index (χ1n) is 7.73. The Bertz CT molecular complexity index is 464. The van der Waals surface area contributed by atoms with Gasteiger partial charge in [0.1, 0.15) is 0 Å². The molecule has 1 fully saturated rings. The van der Waals surface area contributed by atoms with Crippen molar-refractivity contribution in [3.05, 3.63) is 29.8 Å². The molecule has 1 heterocycles. The Labute approximate surface area is 122 Å². The maximum absolute atomic E-state index is 13.1. The molecule has 1 atom stereocenters. The highest BCUT2D eigenvalue weighted by molar-refractivity contribution is 5.98. The molecule has 3 heteroatoms. The number of benzene rings is 1. The number of hydrogen-bond acceptors (Lipinski definition) is 2. The molecule has 0 bridgehead atoms. The second-order valence-corrected chi connectivity index (χ2v) is 5.75. The maximum Gasteiger partial charge on any atom is 0.234 e. The van der Waals surface area contributed by atoms with Gasteiger partial charge in [-0.25, -0.2) is 0 Å². The lowest BCUT2D eigenvalue weighted by molar-refractivity contribution is -0.129. The Balaban J connectivity index is 2.31. The summed E-state index contributed by atoms with van der Waals surface area (Å²) in [5, 5.41) is 3.41. The van der Waals surface area contributed by atoms with E-state index >= 15 is 0 Å². The Kier molecular flexibility index (Phi) is 4.81. The Morgan fingerprint density at radius 2 is 2.10 bits per heavy atom. The van der Waals surface area contributed by atoms with Crippen LogP contribution in [0.5, 0.6) is 0 Å². The molecule has 1 saturated heterocycles. The van der Waals surface area contributed by atoms with E-state index in [2.05, 4.69) is 38.2 Å². The van der Waals surface area contributed by atoms with E-state index in [-0.39, 0.29) is 11.3 Å². The molecule has 0 aromatic heterocycles. The van der Waals surface area contributed by atoms with E-state index in [9.17, 15) is 4.79 Å². The van der Waals surface area contributed by atoms with Crippen molar-refractivity contribution in [3.8, 4) is 0 Å². The lowest BCUT2D eigenvalue weighted by Crippen LogP contribution is -2.52. The van der Waals surface area contributed by atoms with E-state index in [1.807, 2.05) is 17.0 Å². The lowest BCUT2D eigenvalue weighted by Gasteiger charge is -2.39. The number of nitrogens with one attached hydrogen (secondary N) is 1. The number of aryl methyl sites for hydroxylation is 1. The van der Waals surface area contributed by atoms with Crippen LogP contribution in [0.15, 0.2) is 24.3 Å². The number of carbonyl (C=O) groups excluding carboxylic acids is 1. The number of hydrogen-bond donors (Lipinski definition) is 1. The van der Waals surface area contributed by atoms with E-state index in [1.165, 1.54) is 0 Å². The summed E-state index contributed by atoms with van der Waals surface area (Å²) in [6, 6.07) is 8.16. The topological polar surface area (TPSA) is 32.3 Å². The molecule has 1 aromatic rings. The van der Waals surface area contributed by atoms with Crippen molar-refractivity contribution in [2.45, 2.75) is 40.0 Å². The highest BCUT2D eigenvalue weighted by Gasteiger charge is 2.40. The van der Waals surface area contributed by atoms with Crippen LogP contribution in [0.3, 0.4) is 0 Å². The summed E-state index contributed by atoms with van der Waals surface area (Å²) in [4.78, 5) is 15.1. The highest BCUT2D eigenvalue weighted by Crippen LogP contribution is 2.34. The molecule has 2 rings (SSSR count). The van der Waals surface area contributed by atoms with Crippen molar-refractivity contribution in [1.82, 2.24) is 5.32 Å². The molecule has 0 spiro atoms. The smallest absolute Gasteiger partial charge is 0.234 e. The number of amides is 1. The minimum Gasteiger partial charge on any atom is -0.316 e. The summed E-state index contributed by atoms with van der Waals surface area (Å²) >= 11 is 0.